The third-order valence-electron chi connectivity index (χ3n) is 2.34. The molecular formula is C9H12N2O4. The van der Waals surface area contributed by atoms with Crippen molar-refractivity contribution in [1.29, 1.82) is 0 Å². The number of nitrogens with zero attached hydrogens (tertiary/aromatic N) is 2. The van der Waals surface area contributed by atoms with Crippen LogP contribution in [0.3, 0.4) is 0 Å². The van der Waals surface area contributed by atoms with E-state index in [-0.39, 0.29) is 6.61 Å². The number of aromatic nitrogens is 2. The first kappa shape index (κ1) is 10.4. The van der Waals surface area contributed by atoms with Crippen molar-refractivity contribution in [2.75, 3.05) is 6.61 Å². The molecule has 0 radical (unpaired) electrons. The molecule has 0 saturated carbocycles. The van der Waals surface area contributed by atoms with E-state index in [2.05, 4.69) is 9.97 Å². The molecule has 1 aliphatic heterocycles. The Morgan fingerprint density at radius 1 is 1.13 bits per heavy atom. The van der Waals surface area contributed by atoms with E-state index in [4.69, 9.17) is 4.74 Å². The molecule has 3 N–H and O–H groups in total. The number of aliphatic hydroxyl groups is 3. The smallest absolute Gasteiger partial charge is 0.159 e. The number of rotatable bonds is 1. The summed E-state index contributed by atoms with van der Waals surface area (Å²) in [5.41, 5.74) is 0. The zero-order valence-electron chi connectivity index (χ0n) is 7.89. The maximum absolute atomic E-state index is 9.65. The lowest BCUT2D eigenvalue weighted by Gasteiger charge is -2.34. The molecule has 82 valence electrons. The fourth-order valence-corrected chi connectivity index (χ4v) is 1.49. The van der Waals surface area contributed by atoms with Crippen LogP contribution < -0.4 is 0 Å². The minimum Gasteiger partial charge on any atom is -0.388 e. The van der Waals surface area contributed by atoms with Crippen LogP contribution in [0.2, 0.25) is 0 Å². The summed E-state index contributed by atoms with van der Waals surface area (Å²) in [4.78, 5) is 7.85. The van der Waals surface area contributed by atoms with Crippen LogP contribution in [-0.4, -0.2) is 50.2 Å². The van der Waals surface area contributed by atoms with E-state index in [1.165, 1.54) is 12.4 Å². The predicted molar refractivity (Wildman–Crippen MR) is 48.7 cm³/mol. The molecule has 0 aliphatic carbocycles. The summed E-state index contributed by atoms with van der Waals surface area (Å²) in [5, 5.41) is 28.3. The molecule has 0 aromatic carbocycles. The summed E-state index contributed by atoms with van der Waals surface area (Å²) in [7, 11) is 0. The van der Waals surface area contributed by atoms with E-state index < -0.39 is 24.4 Å². The molecular weight excluding hydrogens is 200 g/mol. The van der Waals surface area contributed by atoms with Gasteiger partial charge in [-0.2, -0.15) is 0 Å². The third kappa shape index (κ3) is 1.98. The highest BCUT2D eigenvalue weighted by Gasteiger charge is 2.39. The summed E-state index contributed by atoms with van der Waals surface area (Å²) in [6.45, 7) is -0.0405. The molecule has 2 heterocycles. The summed E-state index contributed by atoms with van der Waals surface area (Å²) in [6, 6.07) is 1.64. The molecule has 1 aliphatic rings. The Morgan fingerprint density at radius 2 is 1.80 bits per heavy atom. The summed E-state index contributed by atoms with van der Waals surface area (Å²) in [6.07, 6.45) is -1.25. The van der Waals surface area contributed by atoms with Crippen molar-refractivity contribution in [3.05, 3.63) is 24.3 Å². The van der Waals surface area contributed by atoms with Gasteiger partial charge in [-0.25, -0.2) is 9.97 Å². The van der Waals surface area contributed by atoms with Gasteiger partial charge in [0.25, 0.3) is 0 Å². The van der Waals surface area contributed by atoms with Gasteiger partial charge in [-0.05, 0) is 6.07 Å². The third-order valence-corrected chi connectivity index (χ3v) is 2.34. The van der Waals surface area contributed by atoms with Gasteiger partial charge in [-0.1, -0.05) is 0 Å². The second kappa shape index (κ2) is 4.19. The van der Waals surface area contributed by atoms with Crippen LogP contribution >= 0.6 is 0 Å². The SMILES string of the molecule is O[C@@H]1[C@H](O)C(c2ncccn2)OC[C@@H]1O. The van der Waals surface area contributed by atoms with Crippen molar-refractivity contribution >= 4 is 0 Å². The second-order valence-corrected chi connectivity index (χ2v) is 3.41. The average Bonchev–Trinajstić information content (AvgIpc) is 2.27. The standard InChI is InChI=1S/C9H12N2O4/c12-5-4-15-8(7(14)6(5)13)9-10-2-1-3-11-9/h1-3,5-8,12-14H,4H2/t5-,6-,7-,8?/m0/s1. The molecule has 6 nitrogen and oxygen atoms in total. The number of hydrogen-bond donors (Lipinski definition) is 3. The van der Waals surface area contributed by atoms with Gasteiger partial charge in [-0.3, -0.25) is 0 Å². The predicted octanol–water partition coefficient (Wildman–Crippen LogP) is -1.37. The Morgan fingerprint density at radius 3 is 2.47 bits per heavy atom. The van der Waals surface area contributed by atoms with E-state index in [1.807, 2.05) is 0 Å². The van der Waals surface area contributed by atoms with Crippen molar-refractivity contribution in [2.45, 2.75) is 24.4 Å². The highest BCUT2D eigenvalue weighted by atomic mass is 16.5. The number of hydrogen-bond acceptors (Lipinski definition) is 6. The molecule has 15 heavy (non-hydrogen) atoms. The fraction of sp³-hybridized carbons (Fsp3) is 0.556. The Labute approximate surface area is 86.2 Å². The van der Waals surface area contributed by atoms with Gasteiger partial charge in [0, 0.05) is 12.4 Å². The molecule has 0 amide bonds. The largest absolute Gasteiger partial charge is 0.388 e. The van der Waals surface area contributed by atoms with Crippen LogP contribution in [0, 0.1) is 0 Å². The molecule has 2 rings (SSSR count). The Hall–Kier alpha value is -1.08. The first-order valence-corrected chi connectivity index (χ1v) is 4.63. The van der Waals surface area contributed by atoms with Crippen LogP contribution in [0.1, 0.15) is 11.9 Å². The minimum absolute atomic E-state index is 0.0405. The summed E-state index contributed by atoms with van der Waals surface area (Å²) in [5.74, 6) is 0.302. The lowest BCUT2D eigenvalue weighted by Crippen LogP contribution is -2.49. The quantitative estimate of drug-likeness (QED) is 0.531. The first-order chi connectivity index (χ1) is 7.20. The minimum atomic E-state index is -1.23. The average molecular weight is 212 g/mol. The van der Waals surface area contributed by atoms with Crippen LogP contribution in [0.15, 0.2) is 18.5 Å². The van der Waals surface area contributed by atoms with Crippen molar-refractivity contribution in [1.82, 2.24) is 9.97 Å². The van der Waals surface area contributed by atoms with Crippen molar-refractivity contribution in [2.24, 2.45) is 0 Å². The molecule has 0 bridgehead atoms. The van der Waals surface area contributed by atoms with E-state index in [1.54, 1.807) is 6.07 Å². The zero-order chi connectivity index (χ0) is 10.8. The molecule has 4 atom stereocenters. The van der Waals surface area contributed by atoms with Crippen LogP contribution in [0.4, 0.5) is 0 Å². The van der Waals surface area contributed by atoms with Crippen molar-refractivity contribution in [3.63, 3.8) is 0 Å². The van der Waals surface area contributed by atoms with Crippen molar-refractivity contribution in [3.8, 4) is 0 Å². The monoisotopic (exact) mass is 212 g/mol. The second-order valence-electron chi connectivity index (χ2n) is 3.41. The van der Waals surface area contributed by atoms with Crippen molar-refractivity contribution < 1.29 is 20.1 Å². The van der Waals surface area contributed by atoms with Gasteiger partial charge < -0.3 is 20.1 Å². The van der Waals surface area contributed by atoms with E-state index in [9.17, 15) is 15.3 Å². The lowest BCUT2D eigenvalue weighted by atomic mass is 10.00. The first-order valence-electron chi connectivity index (χ1n) is 4.63. The van der Waals surface area contributed by atoms with Gasteiger partial charge in [0.15, 0.2) is 5.82 Å². The Kier molecular flexibility index (Phi) is 2.92. The maximum atomic E-state index is 9.65. The van der Waals surface area contributed by atoms with Crippen LogP contribution in [-0.2, 0) is 4.74 Å². The highest BCUT2D eigenvalue weighted by molar-refractivity contribution is 5.00. The fourth-order valence-electron chi connectivity index (χ4n) is 1.49. The molecule has 1 aromatic heterocycles. The van der Waals surface area contributed by atoms with E-state index >= 15 is 0 Å². The number of aliphatic hydroxyl groups excluding tert-OH is 3. The van der Waals surface area contributed by atoms with Gasteiger partial charge in [-0.15, -0.1) is 0 Å². The Bertz CT molecular complexity index is 321. The van der Waals surface area contributed by atoms with Crippen LogP contribution in [0.25, 0.3) is 0 Å². The molecule has 0 spiro atoms. The summed E-state index contributed by atoms with van der Waals surface area (Å²) >= 11 is 0. The van der Waals surface area contributed by atoms with Gasteiger partial charge in [0.2, 0.25) is 0 Å². The number of ether oxygens (including phenoxy) is 1. The maximum Gasteiger partial charge on any atom is 0.159 e. The topological polar surface area (TPSA) is 95.7 Å². The molecule has 1 fully saturated rings. The normalized spacial score (nSPS) is 36.5. The van der Waals surface area contributed by atoms with Gasteiger partial charge >= 0.3 is 0 Å². The zero-order valence-corrected chi connectivity index (χ0v) is 7.89. The molecule has 1 aromatic rings. The lowest BCUT2D eigenvalue weighted by molar-refractivity contribution is -0.191. The molecule has 6 heteroatoms. The molecule has 1 unspecified atom stereocenters. The molecule has 1 saturated heterocycles. The summed E-state index contributed by atoms with van der Waals surface area (Å²) < 4.78 is 5.17. The van der Waals surface area contributed by atoms with Gasteiger partial charge in [0.1, 0.15) is 24.4 Å². The Balaban J connectivity index is 2.17. The van der Waals surface area contributed by atoms with Gasteiger partial charge in [0.05, 0.1) is 6.61 Å². The highest BCUT2D eigenvalue weighted by Crippen LogP contribution is 2.26. The van der Waals surface area contributed by atoms with Crippen LogP contribution in [0.5, 0.6) is 0 Å². The van der Waals surface area contributed by atoms with E-state index in [0.717, 1.165) is 0 Å². The van der Waals surface area contributed by atoms with E-state index in [0.29, 0.717) is 5.82 Å².